The van der Waals surface area contributed by atoms with E-state index >= 15 is 0 Å². The molecule has 4 aromatic rings. The Morgan fingerprint density at radius 1 is 1.21 bits per heavy atom. The molecule has 8 nitrogen and oxygen atoms in total. The minimum absolute atomic E-state index is 0.0454. The van der Waals surface area contributed by atoms with Gasteiger partial charge in [-0.3, -0.25) is 9.20 Å². The van der Waals surface area contributed by atoms with Crippen LogP contribution in [0, 0.1) is 6.92 Å². The van der Waals surface area contributed by atoms with Gasteiger partial charge in [-0.15, -0.1) is 0 Å². The average molecular weight is 478 g/mol. The Morgan fingerprint density at radius 2 is 1.97 bits per heavy atom. The van der Waals surface area contributed by atoms with Crippen molar-refractivity contribution in [1.82, 2.24) is 24.5 Å². The van der Waals surface area contributed by atoms with Crippen molar-refractivity contribution in [2.45, 2.75) is 56.2 Å². The van der Waals surface area contributed by atoms with Crippen molar-refractivity contribution in [3.63, 3.8) is 0 Å². The van der Waals surface area contributed by atoms with Gasteiger partial charge in [0, 0.05) is 29.4 Å². The summed E-state index contributed by atoms with van der Waals surface area (Å²) in [7, 11) is 0. The summed E-state index contributed by atoms with van der Waals surface area (Å²) < 4.78 is 15.7. The Morgan fingerprint density at radius 3 is 2.68 bits per heavy atom. The van der Waals surface area contributed by atoms with E-state index in [-0.39, 0.29) is 11.7 Å². The Labute approximate surface area is 200 Å². The largest absolute Gasteiger partial charge is 0.611 e. The summed E-state index contributed by atoms with van der Waals surface area (Å²) in [6.45, 7) is 7.59. The van der Waals surface area contributed by atoms with Crippen molar-refractivity contribution in [3.8, 4) is 22.7 Å². The molecule has 176 valence electrons. The van der Waals surface area contributed by atoms with Gasteiger partial charge in [0.2, 0.25) is 4.90 Å². The third-order valence-corrected chi connectivity index (χ3v) is 7.65. The third kappa shape index (κ3) is 4.28. The lowest BCUT2D eigenvalue weighted by Gasteiger charge is -2.24. The topological polar surface area (TPSA) is 108 Å². The highest BCUT2D eigenvalue weighted by Gasteiger charge is 2.31. The second-order valence-corrected chi connectivity index (χ2v) is 11.9. The monoisotopic (exact) mass is 477 g/mol. The summed E-state index contributed by atoms with van der Waals surface area (Å²) in [5.41, 5.74) is 3.99. The van der Waals surface area contributed by atoms with E-state index < -0.39 is 15.9 Å². The number of carbonyl (C=O) groups is 1. The lowest BCUT2D eigenvalue weighted by Crippen LogP contribution is -2.28. The molecule has 1 aliphatic carbocycles. The highest BCUT2D eigenvalue weighted by atomic mass is 32.2. The predicted octanol–water partition coefficient (Wildman–Crippen LogP) is 4.00. The number of pyridine rings is 1. The van der Waals surface area contributed by atoms with Crippen LogP contribution in [-0.2, 0) is 11.2 Å². The Hall–Kier alpha value is -3.30. The normalized spacial score (nSPS) is 15.0. The minimum atomic E-state index is -1.39. The average Bonchev–Trinajstić information content (AvgIpc) is 3.29. The summed E-state index contributed by atoms with van der Waals surface area (Å²) in [6.07, 6.45) is 9.12. The first kappa shape index (κ1) is 22.5. The van der Waals surface area contributed by atoms with Gasteiger partial charge >= 0.3 is 0 Å². The van der Waals surface area contributed by atoms with E-state index in [9.17, 15) is 14.5 Å². The number of aromatic hydroxyl groups is 1. The van der Waals surface area contributed by atoms with E-state index in [4.69, 9.17) is 0 Å². The summed E-state index contributed by atoms with van der Waals surface area (Å²) >= 11 is -1.39. The van der Waals surface area contributed by atoms with Crippen LogP contribution in [0.5, 0.6) is 5.75 Å². The number of aromatic nitrogens is 4. The molecule has 0 aliphatic heterocycles. The number of rotatable bonds is 5. The Bertz CT molecular complexity index is 1400. The number of nitrogens with zero attached hydrogens (tertiary/aromatic N) is 4. The minimum Gasteiger partial charge on any atom is -0.611 e. The summed E-state index contributed by atoms with van der Waals surface area (Å²) in [4.78, 5) is 17.4. The first-order chi connectivity index (χ1) is 16.1. The second kappa shape index (κ2) is 8.18. The maximum absolute atomic E-state index is 12.8. The lowest BCUT2D eigenvalue weighted by molar-refractivity contribution is 0.0951. The number of fused-ring (bicyclic) bond motifs is 1. The quantitative estimate of drug-likeness (QED) is 0.423. The van der Waals surface area contributed by atoms with Crippen LogP contribution in [0.2, 0.25) is 0 Å². The molecule has 2 N–H and O–H groups in total. The fraction of sp³-hybridized carbons (Fsp3) is 0.320. The second-order valence-electron chi connectivity index (χ2n) is 9.72. The van der Waals surface area contributed by atoms with Crippen molar-refractivity contribution in [2.75, 3.05) is 0 Å². The first-order valence-electron chi connectivity index (χ1n) is 11.2. The number of hydrogen-bond donors (Lipinski definition) is 2. The molecular formula is C25H27N5O3S. The van der Waals surface area contributed by atoms with Gasteiger partial charge in [0.15, 0.2) is 11.6 Å². The van der Waals surface area contributed by atoms with Crippen LogP contribution in [0.3, 0.4) is 0 Å². The van der Waals surface area contributed by atoms with Crippen molar-refractivity contribution in [1.29, 1.82) is 0 Å². The number of nitrogens with one attached hydrogen (secondary N) is 1. The molecule has 1 atom stereocenters. The van der Waals surface area contributed by atoms with Gasteiger partial charge in [-0.05, 0) is 75.0 Å². The van der Waals surface area contributed by atoms with Crippen molar-refractivity contribution in [3.05, 3.63) is 60.2 Å². The van der Waals surface area contributed by atoms with Gasteiger partial charge in [0.1, 0.15) is 10.4 Å². The molecule has 34 heavy (non-hydrogen) atoms. The molecule has 0 radical (unpaired) electrons. The molecule has 0 spiro atoms. The van der Waals surface area contributed by atoms with Crippen molar-refractivity contribution < 1.29 is 14.5 Å². The molecular weight excluding hydrogens is 450 g/mol. The van der Waals surface area contributed by atoms with Crippen LogP contribution in [0.25, 0.3) is 22.6 Å². The molecule has 3 aromatic heterocycles. The molecule has 1 fully saturated rings. The van der Waals surface area contributed by atoms with Crippen LogP contribution in [0.15, 0.2) is 53.9 Å². The van der Waals surface area contributed by atoms with Crippen LogP contribution in [0.1, 0.15) is 49.5 Å². The molecule has 1 aliphatic rings. The smallest absolute Gasteiger partial charge is 0.251 e. The van der Waals surface area contributed by atoms with E-state index in [1.165, 1.54) is 6.07 Å². The van der Waals surface area contributed by atoms with E-state index in [0.717, 1.165) is 29.5 Å². The lowest BCUT2D eigenvalue weighted by atomic mass is 10.0. The highest BCUT2D eigenvalue weighted by Crippen LogP contribution is 2.32. The van der Waals surface area contributed by atoms with Gasteiger partial charge in [-0.1, -0.05) is 6.07 Å². The van der Waals surface area contributed by atoms with Crippen LogP contribution in [0.4, 0.5) is 0 Å². The van der Waals surface area contributed by atoms with Gasteiger partial charge in [-0.25, -0.2) is 9.67 Å². The number of carbonyl (C=O) groups excluding carboxylic acids is 1. The van der Waals surface area contributed by atoms with Gasteiger partial charge < -0.3 is 15.0 Å². The zero-order valence-electron chi connectivity index (χ0n) is 19.6. The van der Waals surface area contributed by atoms with Crippen molar-refractivity contribution >= 4 is 22.7 Å². The SMILES string of the molecule is Cc1ccc(C(=O)NC2CC2)cc1-c1cnn(-c2cn3cc([S+]([O-])C(C)(C)C)c(O)cc3n2)c1. The zero-order chi connectivity index (χ0) is 24.2. The highest BCUT2D eigenvalue weighted by molar-refractivity contribution is 7.92. The van der Waals surface area contributed by atoms with Crippen molar-refractivity contribution in [2.24, 2.45) is 0 Å². The van der Waals surface area contributed by atoms with Gasteiger partial charge in [0.25, 0.3) is 5.91 Å². The molecule has 5 rings (SSSR count). The van der Waals surface area contributed by atoms with Gasteiger partial charge in [0.05, 0.1) is 18.6 Å². The summed E-state index contributed by atoms with van der Waals surface area (Å²) in [5, 5.41) is 17.9. The molecule has 1 unspecified atom stereocenters. The fourth-order valence-electron chi connectivity index (χ4n) is 3.73. The number of amides is 1. The standard InChI is InChI=1S/C25H27N5O3S/c1-15-5-6-16(24(32)27-18-7-8-18)9-19(15)17-11-26-30(12-17)23-14-29-13-21(34(33)25(2,3)4)20(31)10-22(29)28-23/h5-6,9-14,18,31H,7-8H2,1-4H3,(H,27,32). The van der Waals surface area contributed by atoms with Crippen LogP contribution < -0.4 is 5.32 Å². The van der Waals surface area contributed by atoms with E-state index in [2.05, 4.69) is 15.4 Å². The van der Waals surface area contributed by atoms with Crippen LogP contribution in [-0.4, -0.2) is 45.5 Å². The zero-order valence-corrected chi connectivity index (χ0v) is 20.4. The molecule has 0 saturated heterocycles. The Balaban J connectivity index is 1.47. The number of benzene rings is 1. The molecule has 1 saturated carbocycles. The maximum Gasteiger partial charge on any atom is 0.251 e. The van der Waals surface area contributed by atoms with Crippen LogP contribution >= 0.6 is 0 Å². The number of hydrogen-bond acceptors (Lipinski definition) is 5. The number of imidazole rings is 1. The number of aryl methyl sites for hydroxylation is 1. The first-order valence-corrected chi connectivity index (χ1v) is 12.4. The molecule has 9 heteroatoms. The van der Waals surface area contributed by atoms with E-state index in [1.807, 2.05) is 52.1 Å². The molecule has 0 bridgehead atoms. The fourth-order valence-corrected chi connectivity index (χ4v) is 4.85. The van der Waals surface area contributed by atoms with Gasteiger partial charge in [-0.2, -0.15) is 5.10 Å². The van der Waals surface area contributed by atoms with E-state index in [1.54, 1.807) is 27.7 Å². The molecule has 3 heterocycles. The summed E-state index contributed by atoms with van der Waals surface area (Å²) in [5.74, 6) is 0.459. The van der Waals surface area contributed by atoms with E-state index in [0.29, 0.717) is 28.0 Å². The molecule has 1 amide bonds. The molecule has 1 aromatic carbocycles. The maximum atomic E-state index is 12.8. The summed E-state index contributed by atoms with van der Waals surface area (Å²) in [6, 6.07) is 7.49. The predicted molar refractivity (Wildman–Crippen MR) is 131 cm³/mol. The third-order valence-electron chi connectivity index (χ3n) is 5.82. The Kier molecular flexibility index (Phi) is 5.41.